The molecule has 14 N–H and O–H groups in total. The van der Waals surface area contributed by atoms with Crippen LogP contribution in [-0.2, 0) is 94.7 Å². The van der Waals surface area contributed by atoms with Gasteiger partial charge in [-0.25, -0.2) is 24.0 Å². The second-order valence-corrected chi connectivity index (χ2v) is 23.7. The van der Waals surface area contributed by atoms with Crippen LogP contribution in [0.1, 0.15) is 40.7 Å². The highest BCUT2D eigenvalue weighted by Crippen LogP contribution is 2.41. The molecule has 0 unspecified atom stereocenters. The second kappa shape index (κ2) is 35.2. The van der Waals surface area contributed by atoms with Gasteiger partial charge in [0.15, 0.2) is 18.9 Å². The second-order valence-electron chi connectivity index (χ2n) is 23.7. The number of amides is 6. The maximum atomic E-state index is 14.1. The molecule has 0 radical (unpaired) electrons. The molecule has 20 atom stereocenters. The summed E-state index contributed by atoms with van der Waals surface area (Å²) in [4.78, 5) is 80.9. The summed E-state index contributed by atoms with van der Waals surface area (Å²) in [5.74, 6) is -1.07. The van der Waals surface area contributed by atoms with E-state index >= 15 is 0 Å². The molecular weight excluding hydrogens is 1290 g/mol. The van der Waals surface area contributed by atoms with Crippen molar-refractivity contribution in [1.82, 2.24) is 31.9 Å². The minimum atomic E-state index is -2.06. The molecule has 98 heavy (non-hydrogen) atoms. The molecule has 4 aliphatic heterocycles. The largest absolute Gasteiger partial charge is 0.445 e. The first-order valence-electron chi connectivity index (χ1n) is 31.9. The van der Waals surface area contributed by atoms with E-state index in [1.165, 1.54) is 0 Å². The Hall–Kier alpha value is -8.64. The molecule has 1 saturated carbocycles. The maximum Gasteiger partial charge on any atom is 0.407 e. The number of carbonyl (C=O) groups excluding carboxylic acids is 6. The van der Waals surface area contributed by atoms with E-state index in [-0.39, 0.29) is 52.5 Å². The number of aliphatic hydroxyl groups is 6. The fraction of sp³-hybridized carbons (Fsp3) is 0.463. The van der Waals surface area contributed by atoms with Crippen LogP contribution < -0.4 is 37.6 Å². The molecule has 0 aromatic heterocycles. The molecule has 4 heterocycles. The Balaban J connectivity index is 0.921. The zero-order valence-corrected chi connectivity index (χ0v) is 52.9. The number of benzene rings is 5. The van der Waals surface area contributed by atoms with Gasteiger partial charge in [-0.05, 0) is 40.7 Å². The third-order valence-corrected chi connectivity index (χ3v) is 16.8. The van der Waals surface area contributed by atoms with Crippen molar-refractivity contribution in [2.45, 2.75) is 168 Å². The fourth-order valence-corrected chi connectivity index (χ4v) is 11.6. The van der Waals surface area contributed by atoms with Crippen LogP contribution in [0, 0.1) is 0 Å². The van der Waals surface area contributed by atoms with E-state index in [0.717, 1.165) is 0 Å². The van der Waals surface area contributed by atoms with E-state index in [1.54, 1.807) is 152 Å². The summed E-state index contributed by atoms with van der Waals surface area (Å²) in [6, 6.07) is 37.7. The van der Waals surface area contributed by atoms with Gasteiger partial charge in [-0.15, -0.1) is 0 Å². The lowest BCUT2D eigenvalue weighted by Crippen LogP contribution is -2.69. The minimum Gasteiger partial charge on any atom is -0.445 e. The molecule has 5 aromatic carbocycles. The molecule has 5 fully saturated rings. The first-order valence-corrected chi connectivity index (χ1v) is 31.9. The third-order valence-electron chi connectivity index (χ3n) is 16.8. The third kappa shape index (κ3) is 19.8. The lowest BCUT2D eigenvalue weighted by atomic mass is 9.83. The van der Waals surface area contributed by atoms with Crippen LogP contribution in [0.15, 0.2) is 152 Å². The number of nitrogens with one attached hydrogen (secondary N) is 6. The van der Waals surface area contributed by atoms with Gasteiger partial charge >= 0.3 is 30.5 Å². The first kappa shape index (κ1) is 72.1. The molecule has 1 aliphatic carbocycles. The van der Waals surface area contributed by atoms with Crippen molar-refractivity contribution in [3.63, 3.8) is 0 Å². The Morgan fingerprint density at radius 2 is 0.867 bits per heavy atom. The number of carbonyl (C=O) groups is 6. The summed E-state index contributed by atoms with van der Waals surface area (Å²) in [5.41, 5.74) is 9.40. The standard InChI is InChI=1S/C67H81N7O24/c68-29-45-56-57(95-56)49(74-67(86)91-36-41-24-14-5-15-25-41)61(92-45)96-54-43(72-65(84)89-34-39-20-10-3-11-21-39)28-42(71-59(81)44(76)26-27-69-63(82)87-32-37-16-6-1-7-17-37)50(77)58(54)98-62-53(80)55(47(31-75)94-62)97-60-48(73-66(85)90-35-40-22-12-4-13-23-40)52(79)51(78)46(93-60)30-70-64(83)88-33-38-18-8-2-9-19-38/h1-25,42-58,60-62,75-80H,26-36,68H2,(H,69,82)(H,70,83)(H,71,81)(H,72,84)(H,73,85)(H,74,86)/t42-,43+,44+,45-,46+,47-,48-,49-,50+,51-,52-,53-,54-,55-,56+,57-,58-,60-,61-,62+/m1/s1. The van der Waals surface area contributed by atoms with E-state index in [1.807, 2.05) is 0 Å². The molecule has 5 aromatic rings. The van der Waals surface area contributed by atoms with Crippen molar-refractivity contribution in [2.24, 2.45) is 5.73 Å². The van der Waals surface area contributed by atoms with Crippen molar-refractivity contribution in [3.8, 4) is 0 Å². The fourth-order valence-electron chi connectivity index (χ4n) is 11.6. The number of hydrogen-bond acceptors (Lipinski definition) is 25. The van der Waals surface area contributed by atoms with Crippen molar-refractivity contribution in [2.75, 3.05) is 26.2 Å². The molecular formula is C67H81N7O24. The van der Waals surface area contributed by atoms with Crippen LogP contribution in [-0.4, -0.2) is 216 Å². The first-order chi connectivity index (χ1) is 47.5. The predicted octanol–water partition coefficient (Wildman–Crippen LogP) is 0.856. The van der Waals surface area contributed by atoms with E-state index in [4.69, 9.17) is 62.6 Å². The summed E-state index contributed by atoms with van der Waals surface area (Å²) in [5, 5.41) is 86.2. The van der Waals surface area contributed by atoms with Gasteiger partial charge in [-0.2, -0.15) is 0 Å². The van der Waals surface area contributed by atoms with Crippen molar-refractivity contribution in [3.05, 3.63) is 179 Å². The van der Waals surface area contributed by atoms with Crippen molar-refractivity contribution >= 4 is 36.4 Å². The number of epoxide rings is 1. The zero-order chi connectivity index (χ0) is 69.1. The summed E-state index contributed by atoms with van der Waals surface area (Å²) >= 11 is 0. The average Bonchev–Trinajstić information content (AvgIpc) is 1.56. The number of hydrogen-bond donors (Lipinski definition) is 13. The number of alkyl carbamates (subject to hydrolysis) is 5. The lowest BCUT2D eigenvalue weighted by molar-refractivity contribution is -0.290. The highest BCUT2D eigenvalue weighted by molar-refractivity contribution is 5.81. The molecule has 4 saturated heterocycles. The van der Waals surface area contributed by atoms with Gasteiger partial charge in [0.1, 0.15) is 124 Å². The van der Waals surface area contributed by atoms with Gasteiger partial charge in [0.25, 0.3) is 0 Å². The van der Waals surface area contributed by atoms with Crippen molar-refractivity contribution in [1.29, 1.82) is 0 Å². The molecule has 6 amide bonds. The topological polar surface area (TPSA) is 436 Å². The van der Waals surface area contributed by atoms with Crippen LogP contribution in [0.4, 0.5) is 24.0 Å². The maximum absolute atomic E-state index is 14.1. The monoisotopic (exact) mass is 1370 g/mol. The van der Waals surface area contributed by atoms with Gasteiger partial charge in [-0.3, -0.25) is 4.79 Å². The van der Waals surface area contributed by atoms with E-state index in [9.17, 15) is 59.4 Å². The number of rotatable bonds is 28. The highest BCUT2D eigenvalue weighted by atomic mass is 16.8. The SMILES string of the molecule is NC[C@H]1O[C@H](O[C@H]2[C@H](O[C@@H]3O[C@H](CO)[C@@H](O[C@H]4O[C@@H](CNC(=O)OCc5ccccc5)[C@@H](O)[C@H](O)[C@H]4NC(=O)OCc4ccccc4)[C@H]3O)[C@@H](O)[C@H](NC(=O)[C@@H](O)CCNC(=O)OCc3ccccc3)C[C@@H]2NC(=O)OCc2ccccc2)[C@H](NC(=O)OCc2ccccc2)[C@H]2O[C@H]21. The van der Waals surface area contributed by atoms with Gasteiger partial charge in [-0.1, -0.05) is 152 Å². The van der Waals surface area contributed by atoms with Crippen LogP contribution in [0.3, 0.4) is 0 Å². The normalized spacial score (nSPS) is 29.6. The van der Waals surface area contributed by atoms with Crippen LogP contribution in [0.5, 0.6) is 0 Å². The lowest BCUT2D eigenvalue weighted by Gasteiger charge is -2.47. The molecule has 31 heteroatoms. The summed E-state index contributed by atoms with van der Waals surface area (Å²) in [6.07, 6.45) is -31.6. The number of ether oxygens (including phenoxy) is 12. The summed E-state index contributed by atoms with van der Waals surface area (Å²) in [6.45, 7) is -2.65. The summed E-state index contributed by atoms with van der Waals surface area (Å²) in [7, 11) is 0. The van der Waals surface area contributed by atoms with Crippen LogP contribution >= 0.6 is 0 Å². The Kier molecular flexibility index (Phi) is 25.9. The number of nitrogens with two attached hydrogens (primary N) is 1. The van der Waals surface area contributed by atoms with Crippen LogP contribution in [0.25, 0.3) is 0 Å². The number of aliphatic hydroxyl groups excluding tert-OH is 6. The Labute approximate surface area is 562 Å². The van der Waals surface area contributed by atoms with Crippen LogP contribution in [0.2, 0.25) is 0 Å². The van der Waals surface area contributed by atoms with Gasteiger partial charge in [0.05, 0.1) is 18.7 Å². The average molecular weight is 1370 g/mol. The minimum absolute atomic E-state index is 0.0609. The molecule has 5 aliphatic rings. The molecule has 0 bridgehead atoms. The van der Waals surface area contributed by atoms with Gasteiger partial charge in [0, 0.05) is 19.6 Å². The van der Waals surface area contributed by atoms with E-state index < -0.39 is 178 Å². The van der Waals surface area contributed by atoms with E-state index in [0.29, 0.717) is 27.8 Å². The Morgan fingerprint density at radius 1 is 0.439 bits per heavy atom. The van der Waals surface area contributed by atoms with Gasteiger partial charge in [0.2, 0.25) is 5.91 Å². The Morgan fingerprint density at radius 3 is 1.37 bits per heavy atom. The van der Waals surface area contributed by atoms with Gasteiger partial charge < -0.3 is 125 Å². The molecule has 10 rings (SSSR count). The Bertz CT molecular complexity index is 3340. The molecule has 31 nitrogen and oxygen atoms in total. The smallest absolute Gasteiger partial charge is 0.407 e. The highest BCUT2D eigenvalue weighted by Gasteiger charge is 2.61. The van der Waals surface area contributed by atoms with E-state index in [2.05, 4.69) is 31.9 Å². The molecule has 0 spiro atoms. The summed E-state index contributed by atoms with van der Waals surface area (Å²) < 4.78 is 71.7. The predicted molar refractivity (Wildman–Crippen MR) is 337 cm³/mol. The quantitative estimate of drug-likeness (QED) is 0.0244. The van der Waals surface area contributed by atoms with Crippen molar-refractivity contribution < 1.29 is 116 Å². The molecule has 528 valence electrons. The number of fused-ring (bicyclic) bond motifs is 1. The zero-order valence-electron chi connectivity index (χ0n) is 52.9.